The molecule has 1 aromatic heterocycles. The Morgan fingerprint density at radius 2 is 1.87 bits per heavy atom. The van der Waals surface area contributed by atoms with Crippen molar-refractivity contribution in [1.82, 2.24) is 15.0 Å². The monoisotopic (exact) mass is 406 g/mol. The van der Waals surface area contributed by atoms with E-state index in [2.05, 4.69) is 15.6 Å². The van der Waals surface area contributed by atoms with Crippen molar-refractivity contribution >= 4 is 22.5 Å². The Kier molecular flexibility index (Phi) is 4.61. The van der Waals surface area contributed by atoms with Crippen LogP contribution in [-0.4, -0.2) is 26.7 Å². The Balaban J connectivity index is 1.23. The van der Waals surface area contributed by atoms with E-state index in [1.807, 2.05) is 6.07 Å². The number of carbonyl (C=O) groups is 1. The Bertz CT molecular complexity index is 1170. The van der Waals surface area contributed by atoms with Crippen LogP contribution in [0.5, 0.6) is 11.5 Å². The van der Waals surface area contributed by atoms with E-state index in [4.69, 9.17) is 9.47 Å². The SMILES string of the molecule is O=C(CCn1nnc2ccccc2c1=O)Nc1ccc2c(c1)OC1(CCCCC1)O2. The average Bonchev–Trinajstić information content (AvgIpc) is 3.10. The number of nitrogens with one attached hydrogen (secondary N) is 1. The summed E-state index contributed by atoms with van der Waals surface area (Å²) in [6, 6.07) is 12.4. The van der Waals surface area contributed by atoms with Gasteiger partial charge in [0.2, 0.25) is 5.91 Å². The van der Waals surface area contributed by atoms with Crippen LogP contribution in [-0.2, 0) is 11.3 Å². The summed E-state index contributed by atoms with van der Waals surface area (Å²) in [7, 11) is 0. The molecule has 2 heterocycles. The van der Waals surface area contributed by atoms with Gasteiger partial charge in [0.1, 0.15) is 5.52 Å². The fourth-order valence-corrected chi connectivity index (χ4v) is 4.07. The van der Waals surface area contributed by atoms with Crippen LogP contribution in [0.2, 0.25) is 0 Å². The third-order valence-electron chi connectivity index (χ3n) is 5.61. The molecular formula is C22H22N4O4. The molecule has 154 valence electrons. The van der Waals surface area contributed by atoms with Gasteiger partial charge in [0.15, 0.2) is 11.5 Å². The highest BCUT2D eigenvalue weighted by atomic mass is 16.7. The van der Waals surface area contributed by atoms with Gasteiger partial charge in [-0.25, -0.2) is 4.68 Å². The summed E-state index contributed by atoms with van der Waals surface area (Å²) < 4.78 is 13.4. The second-order valence-corrected chi connectivity index (χ2v) is 7.77. The second kappa shape index (κ2) is 7.44. The Morgan fingerprint density at radius 1 is 1.07 bits per heavy atom. The summed E-state index contributed by atoms with van der Waals surface area (Å²) in [5.74, 6) is 0.612. The molecule has 2 aliphatic rings. The van der Waals surface area contributed by atoms with E-state index in [9.17, 15) is 9.59 Å². The molecule has 3 aromatic rings. The van der Waals surface area contributed by atoms with E-state index in [-0.39, 0.29) is 24.4 Å². The molecule has 0 bridgehead atoms. The van der Waals surface area contributed by atoms with Crippen LogP contribution in [0.25, 0.3) is 10.9 Å². The molecule has 0 unspecified atom stereocenters. The van der Waals surface area contributed by atoms with Gasteiger partial charge < -0.3 is 14.8 Å². The number of aryl methyl sites for hydroxylation is 1. The van der Waals surface area contributed by atoms with Gasteiger partial charge in [-0.2, -0.15) is 0 Å². The average molecular weight is 406 g/mol. The number of anilines is 1. The zero-order chi connectivity index (χ0) is 20.6. The number of carbonyl (C=O) groups excluding carboxylic acids is 1. The van der Waals surface area contributed by atoms with E-state index in [0.717, 1.165) is 25.7 Å². The molecule has 30 heavy (non-hydrogen) atoms. The van der Waals surface area contributed by atoms with E-state index < -0.39 is 5.79 Å². The first-order valence-corrected chi connectivity index (χ1v) is 10.3. The van der Waals surface area contributed by atoms with Crippen molar-refractivity contribution < 1.29 is 14.3 Å². The molecule has 1 spiro atoms. The minimum Gasteiger partial charge on any atom is -0.448 e. The topological polar surface area (TPSA) is 95.3 Å². The maximum absolute atomic E-state index is 12.5. The molecule has 2 aromatic carbocycles. The van der Waals surface area contributed by atoms with Crippen molar-refractivity contribution in [3.63, 3.8) is 0 Å². The van der Waals surface area contributed by atoms with Crippen molar-refractivity contribution in [2.24, 2.45) is 0 Å². The summed E-state index contributed by atoms with van der Waals surface area (Å²) in [5, 5.41) is 11.3. The predicted molar refractivity (Wildman–Crippen MR) is 111 cm³/mol. The van der Waals surface area contributed by atoms with E-state index in [1.165, 1.54) is 11.1 Å². The minimum absolute atomic E-state index is 0.102. The summed E-state index contributed by atoms with van der Waals surface area (Å²) >= 11 is 0. The number of fused-ring (bicyclic) bond motifs is 2. The van der Waals surface area contributed by atoms with Gasteiger partial charge in [-0.3, -0.25) is 9.59 Å². The number of nitrogens with zero attached hydrogens (tertiary/aromatic N) is 3. The molecule has 1 N–H and O–H groups in total. The molecule has 1 fully saturated rings. The molecule has 1 amide bonds. The first kappa shape index (κ1) is 18.6. The first-order chi connectivity index (χ1) is 14.6. The van der Waals surface area contributed by atoms with E-state index in [1.54, 1.807) is 36.4 Å². The molecule has 5 rings (SSSR count). The van der Waals surface area contributed by atoms with Crippen LogP contribution in [0.15, 0.2) is 47.3 Å². The number of rotatable bonds is 4. The maximum atomic E-state index is 12.5. The number of hydrogen-bond acceptors (Lipinski definition) is 6. The molecule has 1 aliphatic carbocycles. The van der Waals surface area contributed by atoms with Crippen molar-refractivity contribution in [1.29, 1.82) is 0 Å². The molecule has 0 atom stereocenters. The van der Waals surface area contributed by atoms with Crippen LogP contribution in [0.4, 0.5) is 5.69 Å². The maximum Gasteiger partial charge on any atom is 0.277 e. The van der Waals surface area contributed by atoms with Crippen molar-refractivity contribution in [2.75, 3.05) is 5.32 Å². The van der Waals surface area contributed by atoms with Gasteiger partial charge in [-0.1, -0.05) is 23.8 Å². The standard InChI is InChI=1S/C22H22N4O4/c27-20(10-13-26-21(28)16-6-2-3-7-17(16)24-25-26)23-15-8-9-18-19(14-15)30-22(29-18)11-4-1-5-12-22/h2-3,6-9,14H,1,4-5,10-13H2,(H,23,27). The summed E-state index contributed by atoms with van der Waals surface area (Å²) in [5.41, 5.74) is 0.917. The lowest BCUT2D eigenvalue weighted by Crippen LogP contribution is -2.40. The molecule has 1 aliphatic heterocycles. The zero-order valence-electron chi connectivity index (χ0n) is 16.5. The fourth-order valence-electron chi connectivity index (χ4n) is 4.07. The van der Waals surface area contributed by atoms with E-state index >= 15 is 0 Å². The largest absolute Gasteiger partial charge is 0.448 e. The van der Waals surface area contributed by atoms with Gasteiger partial charge in [-0.05, 0) is 37.1 Å². The predicted octanol–water partition coefficient (Wildman–Crippen LogP) is 3.25. The van der Waals surface area contributed by atoms with Crippen LogP contribution < -0.4 is 20.3 Å². The quantitative estimate of drug-likeness (QED) is 0.715. The van der Waals surface area contributed by atoms with Crippen LogP contribution >= 0.6 is 0 Å². The highest BCUT2D eigenvalue weighted by molar-refractivity contribution is 5.91. The molecule has 8 nitrogen and oxygen atoms in total. The normalized spacial score (nSPS) is 16.7. The number of aromatic nitrogens is 3. The molecular weight excluding hydrogens is 384 g/mol. The zero-order valence-corrected chi connectivity index (χ0v) is 16.5. The summed E-state index contributed by atoms with van der Waals surface area (Å²) in [6.45, 7) is 0.149. The Labute approximate surface area is 172 Å². The molecule has 0 saturated heterocycles. The van der Waals surface area contributed by atoms with Gasteiger partial charge in [0.05, 0.1) is 11.9 Å². The third kappa shape index (κ3) is 3.49. The Morgan fingerprint density at radius 3 is 2.73 bits per heavy atom. The lowest BCUT2D eigenvalue weighted by molar-refractivity contribution is -0.116. The lowest BCUT2D eigenvalue weighted by Gasteiger charge is -2.31. The van der Waals surface area contributed by atoms with Crippen LogP contribution in [0.1, 0.15) is 38.5 Å². The second-order valence-electron chi connectivity index (χ2n) is 7.77. The van der Waals surface area contributed by atoms with Crippen LogP contribution in [0.3, 0.4) is 0 Å². The minimum atomic E-state index is -0.543. The van der Waals surface area contributed by atoms with Crippen LogP contribution in [0, 0.1) is 0 Å². The number of benzene rings is 2. The number of ether oxygens (including phenoxy) is 2. The third-order valence-corrected chi connectivity index (χ3v) is 5.61. The lowest BCUT2D eigenvalue weighted by atomic mass is 9.94. The number of hydrogen-bond donors (Lipinski definition) is 1. The summed E-state index contributed by atoms with van der Waals surface area (Å²) in [6.07, 6.45) is 5.25. The van der Waals surface area contributed by atoms with Crippen molar-refractivity contribution in [3.05, 3.63) is 52.8 Å². The molecule has 0 radical (unpaired) electrons. The van der Waals surface area contributed by atoms with Gasteiger partial charge in [-0.15, -0.1) is 5.10 Å². The van der Waals surface area contributed by atoms with Crippen molar-refractivity contribution in [2.45, 2.75) is 50.9 Å². The smallest absolute Gasteiger partial charge is 0.277 e. The van der Waals surface area contributed by atoms with Crippen molar-refractivity contribution in [3.8, 4) is 11.5 Å². The van der Waals surface area contributed by atoms with Gasteiger partial charge in [0, 0.05) is 31.0 Å². The van der Waals surface area contributed by atoms with E-state index in [0.29, 0.717) is 28.1 Å². The Hall–Kier alpha value is -3.42. The van der Waals surface area contributed by atoms with Gasteiger partial charge in [0.25, 0.3) is 11.3 Å². The molecule has 8 heteroatoms. The summed E-state index contributed by atoms with van der Waals surface area (Å²) in [4.78, 5) is 24.9. The fraction of sp³-hybridized carbons (Fsp3) is 0.364. The highest BCUT2D eigenvalue weighted by Gasteiger charge is 2.42. The molecule has 1 saturated carbocycles. The highest BCUT2D eigenvalue weighted by Crippen LogP contribution is 2.46. The first-order valence-electron chi connectivity index (χ1n) is 10.3. The van der Waals surface area contributed by atoms with Gasteiger partial charge >= 0.3 is 0 Å². The number of amides is 1.